The van der Waals surface area contributed by atoms with Crippen LogP contribution in [0.25, 0.3) is 11.3 Å². The Kier molecular flexibility index (Phi) is 7.22. The second-order valence-electron chi connectivity index (χ2n) is 9.69. The largest absolute Gasteiger partial charge is 0.416 e. The number of rotatable bonds is 3. The summed E-state index contributed by atoms with van der Waals surface area (Å²) in [4.78, 5) is 26.5. The molecule has 196 valence electrons. The van der Waals surface area contributed by atoms with Crippen LogP contribution in [0.4, 0.5) is 18.0 Å². The molecular weight excluding hydrogens is 501 g/mol. The number of hydrogen-bond acceptors (Lipinski definition) is 5. The molecule has 37 heavy (non-hydrogen) atoms. The van der Waals surface area contributed by atoms with E-state index in [1.165, 1.54) is 0 Å². The maximum atomic E-state index is 13.4. The van der Waals surface area contributed by atoms with Gasteiger partial charge in [-0.3, -0.25) is 4.98 Å². The first-order valence-electron chi connectivity index (χ1n) is 12.4. The van der Waals surface area contributed by atoms with E-state index in [1.54, 1.807) is 28.4 Å². The molecule has 0 spiro atoms. The van der Waals surface area contributed by atoms with Gasteiger partial charge in [0.2, 0.25) is 0 Å². The predicted molar refractivity (Wildman–Crippen MR) is 136 cm³/mol. The van der Waals surface area contributed by atoms with Crippen molar-refractivity contribution in [3.63, 3.8) is 0 Å². The lowest BCUT2D eigenvalue weighted by atomic mass is 9.84. The fourth-order valence-corrected chi connectivity index (χ4v) is 6.06. The van der Waals surface area contributed by atoms with Crippen LogP contribution in [0.3, 0.4) is 0 Å². The van der Waals surface area contributed by atoms with Crippen molar-refractivity contribution in [2.45, 2.75) is 38.3 Å². The SMILES string of the molecule is Cc1ccc(-c2csc(C3CC(c4ccc(C(F)(F)F)cc4)CN(C(=O)N4CCOCC4)C3)n2)c(C)n1. The number of ether oxygens (including phenoxy) is 1. The topological polar surface area (TPSA) is 58.6 Å². The van der Waals surface area contributed by atoms with Crippen molar-refractivity contribution >= 4 is 17.4 Å². The van der Waals surface area contributed by atoms with Crippen LogP contribution in [0.2, 0.25) is 0 Å². The first-order chi connectivity index (χ1) is 17.7. The van der Waals surface area contributed by atoms with Crippen molar-refractivity contribution in [3.8, 4) is 11.3 Å². The Balaban J connectivity index is 1.43. The Hall–Kier alpha value is -2.98. The Bertz CT molecular complexity index is 1260. The first kappa shape index (κ1) is 25.7. The van der Waals surface area contributed by atoms with Gasteiger partial charge in [0.15, 0.2) is 0 Å². The Morgan fingerprint density at radius 1 is 0.973 bits per heavy atom. The third-order valence-corrected chi connectivity index (χ3v) is 8.09. The van der Waals surface area contributed by atoms with Crippen LogP contribution in [0.15, 0.2) is 41.8 Å². The van der Waals surface area contributed by atoms with Crippen molar-refractivity contribution in [2.75, 3.05) is 39.4 Å². The number of piperidine rings is 1. The highest BCUT2D eigenvalue weighted by atomic mass is 32.1. The van der Waals surface area contributed by atoms with Gasteiger partial charge >= 0.3 is 12.2 Å². The van der Waals surface area contributed by atoms with Crippen LogP contribution in [0.1, 0.15) is 45.8 Å². The quantitative estimate of drug-likeness (QED) is 0.425. The van der Waals surface area contributed by atoms with E-state index in [2.05, 4.69) is 4.98 Å². The van der Waals surface area contributed by atoms with Crippen LogP contribution in [-0.4, -0.2) is 65.2 Å². The van der Waals surface area contributed by atoms with E-state index < -0.39 is 11.7 Å². The first-order valence-corrected chi connectivity index (χ1v) is 13.3. The van der Waals surface area contributed by atoms with Gasteiger partial charge in [0, 0.05) is 60.3 Å². The van der Waals surface area contributed by atoms with Gasteiger partial charge in [-0.25, -0.2) is 9.78 Å². The van der Waals surface area contributed by atoms with Gasteiger partial charge in [0.05, 0.1) is 29.5 Å². The molecule has 2 aliphatic rings. The highest BCUT2D eigenvalue weighted by Crippen LogP contribution is 2.39. The summed E-state index contributed by atoms with van der Waals surface area (Å²) in [7, 11) is 0. The Morgan fingerprint density at radius 2 is 1.68 bits per heavy atom. The van der Waals surface area contributed by atoms with Crippen molar-refractivity contribution < 1.29 is 22.7 Å². The molecule has 0 aliphatic carbocycles. The molecule has 0 N–H and O–H groups in total. The zero-order valence-corrected chi connectivity index (χ0v) is 21.6. The van der Waals surface area contributed by atoms with Crippen LogP contribution < -0.4 is 0 Å². The average Bonchev–Trinajstić information content (AvgIpc) is 3.38. The van der Waals surface area contributed by atoms with Crippen molar-refractivity contribution in [1.29, 1.82) is 0 Å². The zero-order chi connectivity index (χ0) is 26.2. The molecule has 2 unspecified atom stereocenters. The maximum Gasteiger partial charge on any atom is 0.416 e. The molecule has 5 rings (SSSR count). The summed E-state index contributed by atoms with van der Waals surface area (Å²) in [5.41, 5.74) is 3.81. The minimum absolute atomic E-state index is 0.0245. The standard InChI is InChI=1S/C27H29F3N4O2S/c1-17-3-8-23(18(2)31-17)24-16-37-25(32-24)21-13-20(19-4-6-22(7-5-19)27(28,29)30)14-34(15-21)26(35)33-9-11-36-12-10-33/h3-8,16,20-21H,9-15H2,1-2H3. The molecule has 4 heterocycles. The summed E-state index contributed by atoms with van der Waals surface area (Å²) in [5, 5.41) is 2.94. The lowest BCUT2D eigenvalue weighted by Crippen LogP contribution is -2.52. The smallest absolute Gasteiger partial charge is 0.378 e. The fourth-order valence-electron chi connectivity index (χ4n) is 5.13. The number of aromatic nitrogens is 2. The minimum Gasteiger partial charge on any atom is -0.378 e. The van der Waals surface area contributed by atoms with Crippen LogP contribution in [-0.2, 0) is 10.9 Å². The van der Waals surface area contributed by atoms with E-state index >= 15 is 0 Å². The normalized spacial score (nSPS) is 20.8. The molecule has 6 nitrogen and oxygen atoms in total. The summed E-state index contributed by atoms with van der Waals surface area (Å²) < 4.78 is 44.8. The highest BCUT2D eigenvalue weighted by molar-refractivity contribution is 7.10. The number of likely N-dealkylation sites (tertiary alicyclic amines) is 1. The number of urea groups is 1. The number of carbonyl (C=O) groups excluding carboxylic acids is 1. The second-order valence-corrected chi connectivity index (χ2v) is 10.6. The van der Waals surface area contributed by atoms with Gasteiger partial charge in [0.1, 0.15) is 0 Å². The predicted octanol–water partition coefficient (Wildman–Crippen LogP) is 5.87. The third kappa shape index (κ3) is 5.65. The highest BCUT2D eigenvalue weighted by Gasteiger charge is 2.36. The van der Waals surface area contributed by atoms with Gasteiger partial charge in [-0.2, -0.15) is 13.2 Å². The van der Waals surface area contributed by atoms with E-state index in [-0.39, 0.29) is 17.9 Å². The molecule has 2 saturated heterocycles. The van der Waals surface area contributed by atoms with E-state index in [0.29, 0.717) is 45.8 Å². The van der Waals surface area contributed by atoms with Gasteiger partial charge in [-0.15, -0.1) is 11.3 Å². The third-order valence-electron chi connectivity index (χ3n) is 7.08. The van der Waals surface area contributed by atoms with E-state index in [4.69, 9.17) is 9.72 Å². The summed E-state index contributed by atoms with van der Waals surface area (Å²) in [6.45, 7) is 6.97. The molecular formula is C27H29F3N4O2S. The van der Waals surface area contributed by atoms with Crippen molar-refractivity contribution in [1.82, 2.24) is 19.8 Å². The number of amides is 2. The number of pyridine rings is 1. The molecule has 2 aromatic heterocycles. The molecule has 0 radical (unpaired) electrons. The summed E-state index contributed by atoms with van der Waals surface area (Å²) in [6, 6.07) is 9.27. The molecule has 1 aromatic carbocycles. The number of benzene rings is 1. The van der Waals surface area contributed by atoms with Crippen LogP contribution in [0, 0.1) is 13.8 Å². The van der Waals surface area contributed by atoms with Gasteiger partial charge in [0.25, 0.3) is 0 Å². The molecule has 0 saturated carbocycles. The Morgan fingerprint density at radius 3 is 2.35 bits per heavy atom. The lowest BCUT2D eigenvalue weighted by Gasteiger charge is -2.40. The number of thiazole rings is 1. The molecule has 2 fully saturated rings. The monoisotopic (exact) mass is 530 g/mol. The fraction of sp³-hybridized carbons (Fsp3) is 0.444. The molecule has 10 heteroatoms. The molecule has 3 aromatic rings. The van der Waals surface area contributed by atoms with Gasteiger partial charge in [-0.05, 0) is 50.1 Å². The number of aryl methyl sites for hydroxylation is 2. The summed E-state index contributed by atoms with van der Waals surface area (Å²) in [5.74, 6) is -0.121. The number of alkyl halides is 3. The summed E-state index contributed by atoms with van der Waals surface area (Å²) in [6.07, 6.45) is -3.68. The molecule has 2 atom stereocenters. The van der Waals surface area contributed by atoms with E-state index in [0.717, 1.165) is 45.3 Å². The van der Waals surface area contributed by atoms with Gasteiger partial charge in [-0.1, -0.05) is 12.1 Å². The van der Waals surface area contributed by atoms with Crippen LogP contribution in [0.5, 0.6) is 0 Å². The minimum atomic E-state index is -4.38. The number of morpholine rings is 1. The molecule has 2 aliphatic heterocycles. The van der Waals surface area contributed by atoms with E-state index in [1.807, 2.05) is 36.3 Å². The molecule has 0 bridgehead atoms. The Labute approximate surface area is 218 Å². The number of halogens is 3. The van der Waals surface area contributed by atoms with Crippen molar-refractivity contribution in [3.05, 3.63) is 69.3 Å². The lowest BCUT2D eigenvalue weighted by molar-refractivity contribution is -0.137. The summed E-state index contributed by atoms with van der Waals surface area (Å²) >= 11 is 1.56. The zero-order valence-electron chi connectivity index (χ0n) is 20.8. The van der Waals surface area contributed by atoms with Crippen molar-refractivity contribution in [2.24, 2.45) is 0 Å². The number of hydrogen-bond donors (Lipinski definition) is 0. The van der Waals surface area contributed by atoms with Crippen LogP contribution >= 0.6 is 11.3 Å². The van der Waals surface area contributed by atoms with E-state index in [9.17, 15) is 18.0 Å². The number of nitrogens with zero attached hydrogens (tertiary/aromatic N) is 4. The second kappa shape index (κ2) is 10.4. The maximum absolute atomic E-state index is 13.4. The molecule has 2 amide bonds. The average molecular weight is 531 g/mol. The number of carbonyl (C=O) groups is 1. The van der Waals surface area contributed by atoms with Gasteiger partial charge < -0.3 is 14.5 Å².